The van der Waals surface area contributed by atoms with E-state index in [0.29, 0.717) is 13.0 Å². The standard InChI is InChI=1S/C14H19NO3/c1-3-10-5-7-11(8-6-10)9-15-13(16)12(4-2)14(17)18/h5-8,12H,3-4,9H2,1-2H3,(H,15,16)(H,17,18). The molecule has 1 aromatic rings. The number of rotatable bonds is 6. The van der Waals surface area contributed by atoms with Gasteiger partial charge in [-0.05, 0) is 24.0 Å². The summed E-state index contributed by atoms with van der Waals surface area (Å²) in [6, 6.07) is 7.91. The van der Waals surface area contributed by atoms with Crippen molar-refractivity contribution >= 4 is 11.9 Å². The molecule has 0 saturated heterocycles. The highest BCUT2D eigenvalue weighted by molar-refractivity contribution is 5.96. The first-order valence-electron chi connectivity index (χ1n) is 6.16. The summed E-state index contributed by atoms with van der Waals surface area (Å²) in [4.78, 5) is 22.4. The summed E-state index contributed by atoms with van der Waals surface area (Å²) in [5, 5.41) is 11.5. The Labute approximate surface area is 107 Å². The molecule has 18 heavy (non-hydrogen) atoms. The van der Waals surface area contributed by atoms with Crippen LogP contribution >= 0.6 is 0 Å². The predicted octanol–water partition coefficient (Wildman–Crippen LogP) is 1.98. The van der Waals surface area contributed by atoms with Crippen molar-refractivity contribution in [3.8, 4) is 0 Å². The molecule has 1 atom stereocenters. The van der Waals surface area contributed by atoms with Gasteiger partial charge in [-0.1, -0.05) is 38.1 Å². The van der Waals surface area contributed by atoms with Crippen LogP contribution in [0.1, 0.15) is 31.4 Å². The van der Waals surface area contributed by atoms with Crippen LogP contribution in [0.15, 0.2) is 24.3 Å². The molecule has 0 bridgehead atoms. The summed E-state index contributed by atoms with van der Waals surface area (Å²) >= 11 is 0. The van der Waals surface area contributed by atoms with Crippen molar-refractivity contribution in [1.29, 1.82) is 0 Å². The van der Waals surface area contributed by atoms with Crippen LogP contribution in [0.2, 0.25) is 0 Å². The van der Waals surface area contributed by atoms with Crippen molar-refractivity contribution in [1.82, 2.24) is 5.32 Å². The third-order valence-electron chi connectivity index (χ3n) is 2.92. The van der Waals surface area contributed by atoms with Crippen LogP contribution in [-0.2, 0) is 22.6 Å². The average Bonchev–Trinajstić information content (AvgIpc) is 2.37. The van der Waals surface area contributed by atoms with Gasteiger partial charge in [0, 0.05) is 6.54 Å². The Kier molecular flexibility index (Phi) is 5.36. The van der Waals surface area contributed by atoms with Crippen molar-refractivity contribution in [3.05, 3.63) is 35.4 Å². The van der Waals surface area contributed by atoms with Gasteiger partial charge in [-0.2, -0.15) is 0 Å². The smallest absolute Gasteiger partial charge is 0.316 e. The van der Waals surface area contributed by atoms with Crippen LogP contribution in [0.5, 0.6) is 0 Å². The topological polar surface area (TPSA) is 66.4 Å². The third-order valence-corrected chi connectivity index (χ3v) is 2.92. The molecular formula is C14H19NO3. The second-order valence-electron chi connectivity index (χ2n) is 4.19. The molecule has 4 nitrogen and oxygen atoms in total. The number of carbonyl (C=O) groups is 2. The Morgan fingerprint density at radius 2 is 1.72 bits per heavy atom. The Morgan fingerprint density at radius 1 is 1.17 bits per heavy atom. The molecule has 4 heteroatoms. The first kappa shape index (κ1) is 14.2. The molecule has 98 valence electrons. The monoisotopic (exact) mass is 249 g/mol. The van der Waals surface area contributed by atoms with E-state index in [2.05, 4.69) is 12.2 Å². The van der Waals surface area contributed by atoms with E-state index in [4.69, 9.17) is 5.11 Å². The summed E-state index contributed by atoms with van der Waals surface area (Å²) in [5.41, 5.74) is 2.21. The predicted molar refractivity (Wildman–Crippen MR) is 69.1 cm³/mol. The Bertz CT molecular complexity index is 412. The van der Waals surface area contributed by atoms with Crippen LogP contribution in [0.3, 0.4) is 0 Å². The average molecular weight is 249 g/mol. The number of carboxylic acids is 1. The van der Waals surface area contributed by atoms with E-state index in [-0.39, 0.29) is 0 Å². The summed E-state index contributed by atoms with van der Waals surface area (Å²) in [6.07, 6.45) is 1.28. The number of benzene rings is 1. The zero-order valence-corrected chi connectivity index (χ0v) is 10.8. The Morgan fingerprint density at radius 3 is 2.17 bits per heavy atom. The highest BCUT2D eigenvalue weighted by atomic mass is 16.4. The first-order chi connectivity index (χ1) is 8.58. The van der Waals surface area contributed by atoms with E-state index in [1.165, 1.54) is 5.56 Å². The molecule has 1 aromatic carbocycles. The molecule has 1 unspecified atom stereocenters. The largest absolute Gasteiger partial charge is 0.481 e. The molecule has 0 aliphatic rings. The quantitative estimate of drug-likeness (QED) is 0.757. The van der Waals surface area contributed by atoms with Gasteiger partial charge in [0.05, 0.1) is 0 Å². The zero-order valence-electron chi connectivity index (χ0n) is 10.8. The number of carbonyl (C=O) groups excluding carboxylic acids is 1. The lowest BCUT2D eigenvalue weighted by Gasteiger charge is -2.10. The van der Waals surface area contributed by atoms with Gasteiger partial charge in [0.2, 0.25) is 5.91 Å². The zero-order chi connectivity index (χ0) is 13.5. The maximum absolute atomic E-state index is 11.6. The Hall–Kier alpha value is -1.84. The fraction of sp³-hybridized carbons (Fsp3) is 0.429. The van der Waals surface area contributed by atoms with Crippen LogP contribution in [-0.4, -0.2) is 17.0 Å². The number of hydrogen-bond acceptors (Lipinski definition) is 2. The normalized spacial score (nSPS) is 11.9. The number of amides is 1. The molecule has 0 fully saturated rings. The van der Waals surface area contributed by atoms with E-state index in [9.17, 15) is 9.59 Å². The van der Waals surface area contributed by atoms with Crippen LogP contribution in [0.4, 0.5) is 0 Å². The highest BCUT2D eigenvalue weighted by Gasteiger charge is 2.23. The van der Waals surface area contributed by atoms with Gasteiger partial charge in [-0.15, -0.1) is 0 Å². The minimum atomic E-state index is -1.07. The van der Waals surface area contributed by atoms with Crippen molar-refractivity contribution in [2.75, 3.05) is 0 Å². The highest BCUT2D eigenvalue weighted by Crippen LogP contribution is 2.06. The fourth-order valence-electron chi connectivity index (χ4n) is 1.68. The molecule has 0 heterocycles. The lowest BCUT2D eigenvalue weighted by molar-refractivity contribution is -0.147. The SMILES string of the molecule is CCc1ccc(CNC(=O)C(CC)C(=O)O)cc1. The van der Waals surface area contributed by atoms with Crippen LogP contribution < -0.4 is 5.32 Å². The van der Waals surface area contributed by atoms with Crippen LogP contribution in [0, 0.1) is 5.92 Å². The molecule has 1 amide bonds. The maximum atomic E-state index is 11.6. The van der Waals surface area contributed by atoms with E-state index >= 15 is 0 Å². The summed E-state index contributed by atoms with van der Waals surface area (Å²) in [7, 11) is 0. The van der Waals surface area contributed by atoms with Gasteiger partial charge in [0.1, 0.15) is 5.92 Å². The summed E-state index contributed by atoms with van der Waals surface area (Å²) in [5.74, 6) is -2.46. The van der Waals surface area contributed by atoms with E-state index in [1.54, 1.807) is 6.92 Å². The molecule has 0 aromatic heterocycles. The molecular weight excluding hydrogens is 230 g/mol. The molecule has 0 spiro atoms. The number of carboxylic acid groups (broad SMARTS) is 1. The number of hydrogen-bond donors (Lipinski definition) is 2. The number of nitrogens with one attached hydrogen (secondary N) is 1. The minimum Gasteiger partial charge on any atom is -0.481 e. The number of aryl methyl sites for hydroxylation is 1. The molecule has 0 aliphatic carbocycles. The second kappa shape index (κ2) is 6.79. The van der Waals surface area contributed by atoms with Gasteiger partial charge in [0.15, 0.2) is 0 Å². The first-order valence-corrected chi connectivity index (χ1v) is 6.16. The van der Waals surface area contributed by atoms with Crippen molar-refractivity contribution in [3.63, 3.8) is 0 Å². The molecule has 0 aliphatic heterocycles. The maximum Gasteiger partial charge on any atom is 0.316 e. The lowest BCUT2D eigenvalue weighted by atomic mass is 10.1. The molecule has 0 saturated carbocycles. The van der Waals surface area contributed by atoms with Crippen molar-refractivity contribution in [2.45, 2.75) is 33.2 Å². The minimum absolute atomic E-state index is 0.302. The van der Waals surface area contributed by atoms with E-state index in [0.717, 1.165) is 12.0 Å². The molecule has 0 radical (unpaired) electrons. The van der Waals surface area contributed by atoms with E-state index < -0.39 is 17.8 Å². The fourth-order valence-corrected chi connectivity index (χ4v) is 1.68. The summed E-state index contributed by atoms with van der Waals surface area (Å²) in [6.45, 7) is 4.14. The molecule has 1 rings (SSSR count). The van der Waals surface area contributed by atoms with Gasteiger partial charge in [0.25, 0.3) is 0 Å². The summed E-state index contributed by atoms with van der Waals surface area (Å²) < 4.78 is 0. The third kappa shape index (κ3) is 3.87. The van der Waals surface area contributed by atoms with Gasteiger partial charge in [-0.25, -0.2) is 0 Å². The second-order valence-corrected chi connectivity index (χ2v) is 4.19. The molecule has 2 N–H and O–H groups in total. The Balaban J connectivity index is 2.53. The van der Waals surface area contributed by atoms with Crippen molar-refractivity contribution < 1.29 is 14.7 Å². The van der Waals surface area contributed by atoms with Crippen LogP contribution in [0.25, 0.3) is 0 Å². The van der Waals surface area contributed by atoms with Gasteiger partial charge < -0.3 is 10.4 Å². The number of aliphatic carboxylic acids is 1. The van der Waals surface area contributed by atoms with Crippen molar-refractivity contribution in [2.24, 2.45) is 5.92 Å². The van der Waals surface area contributed by atoms with Gasteiger partial charge in [-0.3, -0.25) is 9.59 Å². The van der Waals surface area contributed by atoms with E-state index in [1.807, 2.05) is 24.3 Å². The van der Waals surface area contributed by atoms with Gasteiger partial charge >= 0.3 is 5.97 Å². The lowest BCUT2D eigenvalue weighted by Crippen LogP contribution is -2.34.